The van der Waals surface area contributed by atoms with Crippen molar-refractivity contribution in [3.8, 4) is 5.75 Å². The zero-order valence-electron chi connectivity index (χ0n) is 11.7. The second-order valence-electron chi connectivity index (χ2n) is 4.59. The average Bonchev–Trinajstić information content (AvgIpc) is 2.44. The highest BCUT2D eigenvalue weighted by Gasteiger charge is 2.20. The minimum atomic E-state index is -0.0731. The maximum atomic E-state index is 6.44. The molecule has 0 saturated heterocycles. The molecule has 2 nitrogen and oxygen atoms in total. The van der Waals surface area contributed by atoms with E-state index in [1.807, 2.05) is 50.4 Å². The molecule has 0 heterocycles. The van der Waals surface area contributed by atoms with E-state index in [1.54, 1.807) is 7.11 Å². The van der Waals surface area contributed by atoms with Gasteiger partial charge in [-0.1, -0.05) is 41.4 Å². The summed E-state index contributed by atoms with van der Waals surface area (Å²) in [4.78, 5) is 0. The van der Waals surface area contributed by atoms with Crippen molar-refractivity contribution in [2.45, 2.75) is 13.0 Å². The van der Waals surface area contributed by atoms with Gasteiger partial charge in [-0.15, -0.1) is 0 Å². The van der Waals surface area contributed by atoms with Crippen molar-refractivity contribution in [1.29, 1.82) is 0 Å². The molecule has 20 heavy (non-hydrogen) atoms. The van der Waals surface area contributed by atoms with E-state index in [1.165, 1.54) is 0 Å². The number of hydrogen-bond acceptors (Lipinski definition) is 2. The van der Waals surface area contributed by atoms with Gasteiger partial charge in [-0.05, 0) is 43.3 Å². The summed E-state index contributed by atoms with van der Waals surface area (Å²) in [6.07, 6.45) is 0. The van der Waals surface area contributed by atoms with Gasteiger partial charge in [0.25, 0.3) is 0 Å². The third kappa shape index (κ3) is 2.93. The van der Waals surface area contributed by atoms with Crippen LogP contribution in [0.25, 0.3) is 0 Å². The maximum absolute atomic E-state index is 6.44. The number of ether oxygens (including phenoxy) is 1. The van der Waals surface area contributed by atoms with Gasteiger partial charge in [0.05, 0.1) is 13.2 Å². The van der Waals surface area contributed by atoms with Crippen molar-refractivity contribution in [2.24, 2.45) is 0 Å². The van der Waals surface area contributed by atoms with Gasteiger partial charge < -0.3 is 10.1 Å². The Morgan fingerprint density at radius 1 is 1.10 bits per heavy atom. The molecule has 0 fully saturated rings. The maximum Gasteiger partial charge on any atom is 0.124 e. The van der Waals surface area contributed by atoms with Gasteiger partial charge in [0.2, 0.25) is 0 Å². The van der Waals surface area contributed by atoms with Crippen LogP contribution in [0.3, 0.4) is 0 Å². The van der Waals surface area contributed by atoms with Crippen LogP contribution in [-0.4, -0.2) is 14.2 Å². The fourth-order valence-electron chi connectivity index (χ4n) is 2.30. The molecule has 0 aliphatic carbocycles. The SMILES string of the molecule is CNC(c1cc(Cl)ccc1OC)c1cccc(C)c1Cl. The van der Waals surface area contributed by atoms with E-state index in [-0.39, 0.29) is 6.04 Å². The van der Waals surface area contributed by atoms with Crippen molar-refractivity contribution < 1.29 is 4.74 Å². The molecular formula is C16H17Cl2NO. The summed E-state index contributed by atoms with van der Waals surface area (Å²) in [5.74, 6) is 0.784. The summed E-state index contributed by atoms with van der Waals surface area (Å²) in [7, 11) is 3.54. The molecule has 0 aromatic heterocycles. The first kappa shape index (κ1) is 15.2. The second kappa shape index (κ2) is 6.49. The van der Waals surface area contributed by atoms with Crippen molar-refractivity contribution in [3.05, 3.63) is 63.1 Å². The lowest BCUT2D eigenvalue weighted by Gasteiger charge is -2.22. The predicted molar refractivity (Wildman–Crippen MR) is 85.1 cm³/mol. The first-order valence-corrected chi connectivity index (χ1v) is 7.09. The molecule has 1 N–H and O–H groups in total. The fourth-order valence-corrected chi connectivity index (χ4v) is 2.72. The third-order valence-electron chi connectivity index (χ3n) is 3.32. The van der Waals surface area contributed by atoms with Crippen molar-refractivity contribution >= 4 is 23.2 Å². The first-order valence-electron chi connectivity index (χ1n) is 6.34. The van der Waals surface area contributed by atoms with Crippen LogP contribution in [0.1, 0.15) is 22.7 Å². The van der Waals surface area contributed by atoms with Crippen molar-refractivity contribution in [2.75, 3.05) is 14.2 Å². The van der Waals surface area contributed by atoms with Crippen LogP contribution in [0.4, 0.5) is 0 Å². The zero-order chi connectivity index (χ0) is 14.7. The molecule has 0 aliphatic heterocycles. The lowest BCUT2D eigenvalue weighted by molar-refractivity contribution is 0.405. The van der Waals surface area contributed by atoms with Gasteiger partial charge in [-0.25, -0.2) is 0 Å². The molecule has 1 unspecified atom stereocenters. The van der Waals surface area contributed by atoms with Crippen LogP contribution in [0, 0.1) is 6.92 Å². The minimum Gasteiger partial charge on any atom is -0.496 e. The number of aryl methyl sites for hydroxylation is 1. The van der Waals surface area contributed by atoms with Gasteiger partial charge >= 0.3 is 0 Å². The Morgan fingerprint density at radius 2 is 1.85 bits per heavy atom. The van der Waals surface area contributed by atoms with Gasteiger partial charge in [-0.3, -0.25) is 0 Å². The number of benzene rings is 2. The number of rotatable bonds is 4. The van der Waals surface area contributed by atoms with Crippen molar-refractivity contribution in [3.63, 3.8) is 0 Å². The second-order valence-corrected chi connectivity index (χ2v) is 5.40. The number of hydrogen-bond donors (Lipinski definition) is 1. The van der Waals surface area contributed by atoms with E-state index in [0.717, 1.165) is 27.5 Å². The molecule has 1 atom stereocenters. The number of nitrogens with one attached hydrogen (secondary N) is 1. The minimum absolute atomic E-state index is 0.0731. The third-order valence-corrected chi connectivity index (χ3v) is 4.08. The molecule has 2 aromatic rings. The normalized spacial score (nSPS) is 12.2. The zero-order valence-corrected chi connectivity index (χ0v) is 13.2. The average molecular weight is 310 g/mol. The molecule has 0 aliphatic rings. The molecule has 2 rings (SSSR count). The Hall–Kier alpha value is -1.22. The molecular weight excluding hydrogens is 293 g/mol. The molecule has 0 spiro atoms. The predicted octanol–water partition coefficient (Wildman–Crippen LogP) is 4.62. The Labute approximate surface area is 129 Å². The highest BCUT2D eigenvalue weighted by molar-refractivity contribution is 6.32. The van der Waals surface area contributed by atoms with E-state index in [9.17, 15) is 0 Å². The molecule has 0 radical (unpaired) electrons. The quantitative estimate of drug-likeness (QED) is 0.890. The lowest BCUT2D eigenvalue weighted by Crippen LogP contribution is -2.19. The Bertz CT molecular complexity index is 613. The van der Waals surface area contributed by atoms with E-state index in [2.05, 4.69) is 5.32 Å². The van der Waals surface area contributed by atoms with Gasteiger partial charge in [0.15, 0.2) is 0 Å². The molecule has 2 aromatic carbocycles. The van der Waals surface area contributed by atoms with E-state index in [0.29, 0.717) is 5.02 Å². The van der Waals surface area contributed by atoms with Gasteiger partial charge in [0, 0.05) is 15.6 Å². The Balaban J connectivity index is 2.58. The highest BCUT2D eigenvalue weighted by atomic mass is 35.5. The molecule has 4 heteroatoms. The van der Waals surface area contributed by atoms with Crippen LogP contribution in [0.15, 0.2) is 36.4 Å². The summed E-state index contributed by atoms with van der Waals surface area (Å²) in [5.41, 5.74) is 3.02. The Morgan fingerprint density at radius 3 is 2.50 bits per heavy atom. The molecule has 106 valence electrons. The smallest absolute Gasteiger partial charge is 0.124 e. The van der Waals surface area contributed by atoms with Crippen LogP contribution in [0.2, 0.25) is 10.0 Å². The van der Waals surface area contributed by atoms with Crippen LogP contribution in [-0.2, 0) is 0 Å². The van der Waals surface area contributed by atoms with E-state index < -0.39 is 0 Å². The summed E-state index contributed by atoms with van der Waals surface area (Å²) in [5, 5.41) is 4.71. The highest BCUT2D eigenvalue weighted by Crippen LogP contribution is 2.35. The van der Waals surface area contributed by atoms with Gasteiger partial charge in [-0.2, -0.15) is 0 Å². The van der Waals surface area contributed by atoms with E-state index >= 15 is 0 Å². The van der Waals surface area contributed by atoms with Crippen LogP contribution in [0.5, 0.6) is 5.75 Å². The number of halogens is 2. The first-order chi connectivity index (χ1) is 9.58. The fraction of sp³-hybridized carbons (Fsp3) is 0.250. The summed E-state index contributed by atoms with van der Waals surface area (Å²) < 4.78 is 5.43. The monoisotopic (exact) mass is 309 g/mol. The number of methoxy groups -OCH3 is 1. The molecule has 0 bridgehead atoms. The summed E-state index contributed by atoms with van der Waals surface area (Å²) >= 11 is 12.6. The molecule has 0 amide bonds. The largest absolute Gasteiger partial charge is 0.496 e. The lowest BCUT2D eigenvalue weighted by atomic mass is 9.96. The van der Waals surface area contributed by atoms with Crippen LogP contribution >= 0.6 is 23.2 Å². The van der Waals surface area contributed by atoms with E-state index in [4.69, 9.17) is 27.9 Å². The topological polar surface area (TPSA) is 21.3 Å². The van der Waals surface area contributed by atoms with Crippen LogP contribution < -0.4 is 10.1 Å². The Kier molecular flexibility index (Phi) is 4.92. The van der Waals surface area contributed by atoms with Gasteiger partial charge in [0.1, 0.15) is 5.75 Å². The summed E-state index contributed by atoms with van der Waals surface area (Å²) in [6, 6.07) is 11.5. The van der Waals surface area contributed by atoms with Crippen molar-refractivity contribution in [1.82, 2.24) is 5.32 Å². The standard InChI is InChI=1S/C16H17Cl2NO/c1-10-5-4-6-12(15(10)18)16(19-2)13-9-11(17)7-8-14(13)20-3/h4-9,16,19H,1-3H3. The summed E-state index contributed by atoms with van der Waals surface area (Å²) in [6.45, 7) is 1.99. The molecule has 0 saturated carbocycles.